The van der Waals surface area contributed by atoms with Gasteiger partial charge in [-0.05, 0) is 19.2 Å². The van der Waals surface area contributed by atoms with Crippen molar-refractivity contribution in [2.45, 2.75) is 13.8 Å². The molecule has 1 aromatic rings. The summed E-state index contributed by atoms with van der Waals surface area (Å²) in [4.78, 5) is 15.9. The summed E-state index contributed by atoms with van der Waals surface area (Å²) in [6.07, 6.45) is 7.24. The van der Waals surface area contributed by atoms with Crippen LogP contribution in [0, 0.1) is 26.0 Å². The number of likely N-dealkylation sites (N-methyl/N-ethyl adjacent to an activating group) is 1. The Balaban J connectivity index is -0.00000135. The van der Waals surface area contributed by atoms with Gasteiger partial charge in [0.2, 0.25) is 0 Å². The molecule has 3 rings (SSSR count). The summed E-state index contributed by atoms with van der Waals surface area (Å²) in [7, 11) is 3.60. The Hall–Kier alpha value is 0.872. The number of aryl methyl sites for hydroxylation is 2. The number of allylic oxidation sites excluding steroid dienone is 4. The van der Waals surface area contributed by atoms with Crippen LogP contribution in [0.15, 0.2) is 35.1 Å². The Morgan fingerprint density at radius 1 is 0.931 bits per heavy atom. The number of benzene rings is 1. The summed E-state index contributed by atoms with van der Waals surface area (Å²) in [6.45, 7) is 3.99. The van der Waals surface area contributed by atoms with E-state index in [4.69, 9.17) is 17.0 Å². The normalized spacial score (nSPS) is 17.1. The maximum Gasteiger partial charge on any atom is 0.265 e. The SMILES string of the molecule is Cc1[c-]c2c([c-]c1C)N(C)C(=CC=CC=C1SC(=S)N(C)C1=O)O2.[V].[V].[V].[V].[V]. The van der Waals surface area contributed by atoms with Crippen molar-refractivity contribution in [2.75, 3.05) is 19.0 Å². The van der Waals surface area contributed by atoms with Crippen molar-refractivity contribution in [1.82, 2.24) is 4.90 Å². The number of hydrogen-bond donors (Lipinski definition) is 0. The number of amides is 1. The molecule has 0 bridgehead atoms. The fraction of sp³-hybridized carbons (Fsp3) is 0.222. The van der Waals surface area contributed by atoms with E-state index in [9.17, 15) is 4.79 Å². The Bertz CT molecular complexity index is 844. The molecule has 0 aromatic heterocycles. The molecule has 1 amide bonds. The van der Waals surface area contributed by atoms with E-state index in [2.05, 4.69) is 12.1 Å². The second kappa shape index (κ2) is 14.8. The molecule has 29 heavy (non-hydrogen) atoms. The first kappa shape index (κ1) is 34.5. The molecule has 0 spiro atoms. The number of carbonyl (C=O) groups excluding carboxylic acids is 1. The predicted molar refractivity (Wildman–Crippen MR) is 101 cm³/mol. The smallest absolute Gasteiger partial charge is 0.265 e. The molecule has 5 radical (unpaired) electrons. The summed E-state index contributed by atoms with van der Waals surface area (Å²) < 4.78 is 6.38. The van der Waals surface area contributed by atoms with Crippen molar-refractivity contribution in [3.05, 3.63) is 58.4 Å². The maximum absolute atomic E-state index is 11.9. The average Bonchev–Trinajstić information content (AvgIpc) is 2.97. The van der Waals surface area contributed by atoms with Crippen LogP contribution in [0.4, 0.5) is 5.69 Å². The van der Waals surface area contributed by atoms with Crippen molar-refractivity contribution in [2.24, 2.45) is 0 Å². The van der Waals surface area contributed by atoms with Gasteiger partial charge < -0.3 is 9.64 Å². The van der Waals surface area contributed by atoms with Gasteiger partial charge in [-0.15, -0.1) is 19.5 Å². The number of carbonyl (C=O) groups is 1. The number of ether oxygens (including phenoxy) is 1. The zero-order valence-corrected chi connectivity index (χ0v) is 24.7. The minimum absolute atomic E-state index is 0. The molecule has 11 heteroatoms. The van der Waals surface area contributed by atoms with Crippen LogP contribution in [0.3, 0.4) is 0 Å². The molecule has 1 aromatic carbocycles. The average molecular weight is 611 g/mol. The fourth-order valence-corrected chi connectivity index (χ4v) is 3.36. The van der Waals surface area contributed by atoms with E-state index >= 15 is 0 Å². The molecule has 0 saturated carbocycles. The van der Waals surface area contributed by atoms with Gasteiger partial charge >= 0.3 is 0 Å². The molecule has 2 aliphatic rings. The van der Waals surface area contributed by atoms with E-state index in [0.717, 1.165) is 16.8 Å². The summed E-state index contributed by atoms with van der Waals surface area (Å²) in [5.74, 6) is 1.31. The number of fused-ring (bicyclic) bond motifs is 1. The van der Waals surface area contributed by atoms with Gasteiger partial charge in [0.1, 0.15) is 4.32 Å². The zero-order valence-electron chi connectivity index (χ0n) is 16.1. The molecule has 1 saturated heterocycles. The minimum atomic E-state index is -0.0703. The molecule has 2 heterocycles. The molecule has 0 N–H and O–H groups in total. The third-order valence-corrected chi connectivity index (χ3v) is 5.34. The molecular weight excluding hydrogens is 595 g/mol. The van der Waals surface area contributed by atoms with Crippen LogP contribution in [-0.4, -0.2) is 29.2 Å². The Morgan fingerprint density at radius 2 is 1.48 bits per heavy atom. The van der Waals surface area contributed by atoms with Gasteiger partial charge in [0, 0.05) is 99.8 Å². The van der Waals surface area contributed by atoms with Gasteiger partial charge in [-0.3, -0.25) is 33.0 Å². The van der Waals surface area contributed by atoms with Gasteiger partial charge in [-0.1, -0.05) is 41.9 Å². The predicted octanol–water partition coefficient (Wildman–Crippen LogP) is 3.49. The molecule has 0 atom stereocenters. The number of anilines is 1. The summed E-state index contributed by atoms with van der Waals surface area (Å²) in [5, 5.41) is 0. The number of nitrogens with zero attached hydrogens (tertiary/aromatic N) is 2. The summed E-state index contributed by atoms with van der Waals surface area (Å²) in [5.41, 5.74) is 2.97. The number of thioether (sulfide) groups is 1. The zero-order chi connectivity index (χ0) is 17.4. The Kier molecular flexibility index (Phi) is 17.7. The summed E-state index contributed by atoms with van der Waals surface area (Å²) >= 11 is 6.40. The van der Waals surface area contributed by atoms with E-state index in [1.807, 2.05) is 37.9 Å². The Morgan fingerprint density at radius 3 is 2.03 bits per heavy atom. The van der Waals surface area contributed by atoms with Gasteiger partial charge in [-0.25, -0.2) is 0 Å². The summed E-state index contributed by atoms with van der Waals surface area (Å²) in [6, 6.07) is 6.54. The molecule has 0 unspecified atom stereocenters. The van der Waals surface area contributed by atoms with Crippen LogP contribution in [0.5, 0.6) is 5.75 Å². The molecule has 1 fully saturated rings. The van der Waals surface area contributed by atoms with E-state index in [-0.39, 0.29) is 98.7 Å². The van der Waals surface area contributed by atoms with E-state index in [1.165, 1.54) is 16.7 Å². The van der Waals surface area contributed by atoms with Crippen LogP contribution in [-0.2, 0) is 97.6 Å². The van der Waals surface area contributed by atoms with E-state index < -0.39 is 0 Å². The van der Waals surface area contributed by atoms with Crippen molar-refractivity contribution >= 4 is 39.9 Å². The third kappa shape index (κ3) is 7.75. The molecule has 0 aliphatic carbocycles. The quantitative estimate of drug-likeness (QED) is 0.291. The fourth-order valence-electron chi connectivity index (χ4n) is 2.23. The first-order chi connectivity index (χ1) is 11.4. The van der Waals surface area contributed by atoms with Crippen molar-refractivity contribution in [3.8, 4) is 5.75 Å². The van der Waals surface area contributed by atoms with Gasteiger partial charge in [0.15, 0.2) is 5.88 Å². The van der Waals surface area contributed by atoms with Crippen LogP contribution in [0.2, 0.25) is 0 Å². The van der Waals surface area contributed by atoms with Crippen LogP contribution < -0.4 is 9.64 Å². The van der Waals surface area contributed by atoms with Crippen molar-refractivity contribution < 1.29 is 102 Å². The number of rotatable bonds is 2. The van der Waals surface area contributed by atoms with Crippen LogP contribution >= 0.6 is 24.0 Å². The number of hydrogen-bond acceptors (Lipinski definition) is 5. The largest absolute Gasteiger partial charge is 0.529 e. The molecule has 4 nitrogen and oxygen atoms in total. The Labute approximate surface area is 241 Å². The van der Waals surface area contributed by atoms with Gasteiger partial charge in [0.05, 0.1) is 4.91 Å². The maximum atomic E-state index is 11.9. The van der Waals surface area contributed by atoms with Crippen molar-refractivity contribution in [3.63, 3.8) is 0 Å². The van der Waals surface area contributed by atoms with Gasteiger partial charge in [-0.2, -0.15) is 0 Å². The number of thiocarbonyl (C=S) groups is 1. The minimum Gasteiger partial charge on any atom is -0.529 e. The van der Waals surface area contributed by atoms with Crippen LogP contribution in [0.1, 0.15) is 11.1 Å². The standard InChI is InChI=1S/C18H16N2O2S2.5V/c1-11-9-13-14(10-12(11)2)22-16(19(13)3)8-6-5-7-15-17(21)20(4)18(23)24-15;;;;;/h5-8H,1-4H3;;;;;/q-2;;;;;. The van der Waals surface area contributed by atoms with Gasteiger partial charge in [0.25, 0.3) is 5.91 Å². The topological polar surface area (TPSA) is 32.8 Å². The first-order valence-corrected chi connectivity index (χ1v) is 8.57. The first-order valence-electron chi connectivity index (χ1n) is 7.34. The monoisotopic (exact) mass is 611 g/mol. The molecule has 149 valence electrons. The second-order valence-corrected chi connectivity index (χ2v) is 7.17. The van der Waals surface area contributed by atoms with Crippen molar-refractivity contribution in [1.29, 1.82) is 0 Å². The molecule has 2 aliphatic heterocycles. The van der Waals surface area contributed by atoms with Crippen LogP contribution in [0.25, 0.3) is 0 Å². The van der Waals surface area contributed by atoms with E-state index in [0.29, 0.717) is 20.9 Å². The molecular formula is C18H16N2O2S2V5-2. The third-order valence-electron chi connectivity index (χ3n) is 3.84. The second-order valence-electron chi connectivity index (χ2n) is 5.49. The van der Waals surface area contributed by atoms with E-state index in [1.54, 1.807) is 19.2 Å².